The second-order valence-electron chi connectivity index (χ2n) is 6.22. The van der Waals surface area contributed by atoms with E-state index in [-0.39, 0.29) is 6.61 Å². The second kappa shape index (κ2) is 9.52. The smallest absolute Gasteiger partial charge is 0.407 e. The Kier molecular flexibility index (Phi) is 7.08. The van der Waals surface area contributed by atoms with Crippen molar-refractivity contribution in [2.75, 3.05) is 12.3 Å². The summed E-state index contributed by atoms with van der Waals surface area (Å²) < 4.78 is 5.16. The number of nitrogen functional groups attached to an aromatic ring is 1. The van der Waals surface area contributed by atoms with Crippen molar-refractivity contribution < 1.29 is 9.53 Å². The molecule has 0 spiro atoms. The van der Waals surface area contributed by atoms with E-state index in [1.54, 1.807) is 0 Å². The first-order valence-electron chi connectivity index (χ1n) is 8.57. The summed E-state index contributed by atoms with van der Waals surface area (Å²) in [5, 5.41) is 2.74. The van der Waals surface area contributed by atoms with Crippen molar-refractivity contribution in [3.05, 3.63) is 71.3 Å². The molecule has 1 amide bonds. The minimum atomic E-state index is -0.404. The summed E-state index contributed by atoms with van der Waals surface area (Å²) in [7, 11) is 0. The van der Waals surface area contributed by atoms with Crippen molar-refractivity contribution >= 4 is 17.9 Å². The average Bonchev–Trinajstić information content (AvgIpc) is 2.61. The van der Waals surface area contributed by atoms with E-state index in [9.17, 15) is 4.79 Å². The molecule has 4 heteroatoms. The Morgan fingerprint density at radius 2 is 1.96 bits per heavy atom. The Morgan fingerprint density at radius 3 is 2.68 bits per heavy atom. The number of nitrogens with two attached hydrogens (primary N) is 1. The quantitative estimate of drug-likeness (QED) is 0.567. The maximum absolute atomic E-state index is 11.6. The molecule has 0 aliphatic heterocycles. The van der Waals surface area contributed by atoms with E-state index >= 15 is 0 Å². The van der Waals surface area contributed by atoms with Gasteiger partial charge in [0.15, 0.2) is 0 Å². The van der Waals surface area contributed by atoms with Gasteiger partial charge in [0, 0.05) is 12.2 Å². The van der Waals surface area contributed by atoms with Crippen molar-refractivity contribution in [2.45, 2.75) is 32.8 Å². The van der Waals surface area contributed by atoms with Gasteiger partial charge in [-0.25, -0.2) is 4.79 Å². The molecule has 0 bridgehead atoms. The molecule has 0 aliphatic rings. The van der Waals surface area contributed by atoms with Gasteiger partial charge in [-0.2, -0.15) is 0 Å². The van der Waals surface area contributed by atoms with Gasteiger partial charge in [-0.05, 0) is 41.2 Å². The van der Waals surface area contributed by atoms with Crippen LogP contribution < -0.4 is 11.1 Å². The van der Waals surface area contributed by atoms with Gasteiger partial charge in [-0.15, -0.1) is 0 Å². The molecular weight excluding hydrogens is 312 g/mol. The Labute approximate surface area is 149 Å². The predicted molar refractivity (Wildman–Crippen MR) is 103 cm³/mol. The predicted octanol–water partition coefficient (Wildman–Crippen LogP) is 4.72. The van der Waals surface area contributed by atoms with Crippen LogP contribution in [0, 0.1) is 0 Å². The summed E-state index contributed by atoms with van der Waals surface area (Å²) in [5.41, 5.74) is 10.0. The largest absolute Gasteiger partial charge is 0.445 e. The van der Waals surface area contributed by atoms with Gasteiger partial charge in [-0.1, -0.05) is 62.4 Å². The summed E-state index contributed by atoms with van der Waals surface area (Å²) in [6.07, 6.45) is 4.32. The lowest BCUT2D eigenvalue weighted by molar-refractivity contribution is 0.140. The van der Waals surface area contributed by atoms with Gasteiger partial charge in [0.05, 0.1) is 0 Å². The first-order chi connectivity index (χ1) is 12.1. The highest BCUT2D eigenvalue weighted by Gasteiger charge is 2.03. The molecule has 2 aromatic rings. The Hall–Kier alpha value is -2.75. The molecule has 0 unspecified atom stereocenters. The van der Waals surface area contributed by atoms with Crippen molar-refractivity contribution in [1.82, 2.24) is 5.32 Å². The lowest BCUT2D eigenvalue weighted by Crippen LogP contribution is -2.24. The summed E-state index contributed by atoms with van der Waals surface area (Å²) in [6, 6.07) is 15.7. The van der Waals surface area contributed by atoms with Crippen molar-refractivity contribution in [1.29, 1.82) is 0 Å². The number of amides is 1. The molecule has 0 fully saturated rings. The number of carbonyl (C=O) groups is 1. The second-order valence-corrected chi connectivity index (χ2v) is 6.22. The zero-order valence-electron chi connectivity index (χ0n) is 14.9. The fourth-order valence-electron chi connectivity index (χ4n) is 2.34. The van der Waals surface area contributed by atoms with Crippen LogP contribution in [0.1, 0.15) is 42.9 Å². The Morgan fingerprint density at radius 1 is 1.20 bits per heavy atom. The number of benzene rings is 2. The number of nitrogens with one attached hydrogen (secondary N) is 1. The number of ether oxygens (including phenoxy) is 1. The van der Waals surface area contributed by atoms with Crippen LogP contribution in [-0.2, 0) is 11.3 Å². The highest BCUT2D eigenvalue weighted by Crippen LogP contribution is 2.21. The standard InChI is InChI=1S/C21H26N2O2/c1-16(2)18-11-12-20(22)19(14-18)10-6-7-13-23-21(24)25-15-17-8-4-3-5-9-17/h3-6,8-12,14,16H,7,13,15,22H2,1-2H3,(H,23,24). The van der Waals surface area contributed by atoms with Crippen LogP contribution in [0.3, 0.4) is 0 Å². The van der Waals surface area contributed by atoms with Gasteiger partial charge >= 0.3 is 6.09 Å². The Bertz CT molecular complexity index is 709. The molecular formula is C21H26N2O2. The van der Waals surface area contributed by atoms with E-state index in [4.69, 9.17) is 10.5 Å². The zero-order chi connectivity index (χ0) is 18.1. The SMILES string of the molecule is CC(C)c1ccc(N)c(C=CCCNC(=O)OCc2ccccc2)c1. The molecule has 0 saturated heterocycles. The number of hydrogen-bond donors (Lipinski definition) is 2. The highest BCUT2D eigenvalue weighted by atomic mass is 16.5. The van der Waals surface area contributed by atoms with Crippen LogP contribution in [0.25, 0.3) is 6.08 Å². The minimum Gasteiger partial charge on any atom is -0.445 e. The summed E-state index contributed by atoms with van der Waals surface area (Å²) in [4.78, 5) is 11.6. The van der Waals surface area contributed by atoms with Crippen LogP contribution in [0.2, 0.25) is 0 Å². The lowest BCUT2D eigenvalue weighted by Gasteiger charge is -2.08. The third kappa shape index (κ3) is 6.34. The van der Waals surface area contributed by atoms with Crippen molar-refractivity contribution in [2.24, 2.45) is 0 Å². The maximum atomic E-state index is 11.6. The van der Waals surface area contributed by atoms with Crippen LogP contribution in [0.4, 0.5) is 10.5 Å². The third-order valence-electron chi connectivity index (χ3n) is 3.87. The fourth-order valence-corrected chi connectivity index (χ4v) is 2.34. The van der Waals surface area contributed by atoms with Gasteiger partial charge in [0.2, 0.25) is 0 Å². The first kappa shape index (κ1) is 18.6. The Balaban J connectivity index is 1.72. The number of alkyl carbamates (subject to hydrolysis) is 1. The lowest BCUT2D eigenvalue weighted by atomic mass is 9.99. The minimum absolute atomic E-state index is 0.279. The molecule has 0 heterocycles. The fraction of sp³-hybridized carbons (Fsp3) is 0.286. The van der Waals surface area contributed by atoms with E-state index < -0.39 is 6.09 Å². The van der Waals surface area contributed by atoms with Crippen molar-refractivity contribution in [3.8, 4) is 0 Å². The van der Waals surface area contributed by atoms with E-state index in [0.717, 1.165) is 16.8 Å². The van der Waals surface area contributed by atoms with Gasteiger partial charge in [0.25, 0.3) is 0 Å². The van der Waals surface area contributed by atoms with E-state index in [0.29, 0.717) is 18.9 Å². The molecule has 0 saturated carbocycles. The number of anilines is 1. The normalized spacial score (nSPS) is 11.0. The van der Waals surface area contributed by atoms with Gasteiger partial charge < -0.3 is 15.8 Å². The van der Waals surface area contributed by atoms with E-state index in [1.807, 2.05) is 48.6 Å². The molecule has 2 aromatic carbocycles. The molecule has 0 aromatic heterocycles. The van der Waals surface area contributed by atoms with E-state index in [2.05, 4.69) is 31.3 Å². The number of rotatable bonds is 7. The van der Waals surface area contributed by atoms with Crippen LogP contribution in [0.5, 0.6) is 0 Å². The topological polar surface area (TPSA) is 64.3 Å². The zero-order valence-corrected chi connectivity index (χ0v) is 14.9. The molecule has 0 atom stereocenters. The van der Waals surface area contributed by atoms with Crippen LogP contribution in [-0.4, -0.2) is 12.6 Å². The third-order valence-corrected chi connectivity index (χ3v) is 3.87. The molecule has 25 heavy (non-hydrogen) atoms. The summed E-state index contributed by atoms with van der Waals surface area (Å²) in [5.74, 6) is 0.466. The molecule has 0 aliphatic carbocycles. The van der Waals surface area contributed by atoms with Gasteiger partial charge in [-0.3, -0.25) is 0 Å². The van der Waals surface area contributed by atoms with Crippen LogP contribution >= 0.6 is 0 Å². The molecule has 132 valence electrons. The van der Waals surface area contributed by atoms with Crippen LogP contribution in [0.15, 0.2) is 54.6 Å². The molecule has 3 N–H and O–H groups in total. The number of hydrogen-bond acceptors (Lipinski definition) is 3. The average molecular weight is 338 g/mol. The monoisotopic (exact) mass is 338 g/mol. The molecule has 2 rings (SSSR count). The maximum Gasteiger partial charge on any atom is 0.407 e. The molecule has 4 nitrogen and oxygen atoms in total. The van der Waals surface area contributed by atoms with E-state index in [1.165, 1.54) is 5.56 Å². The van der Waals surface area contributed by atoms with Crippen molar-refractivity contribution in [3.63, 3.8) is 0 Å². The molecule has 0 radical (unpaired) electrons. The summed E-state index contributed by atoms with van der Waals surface area (Å²) in [6.45, 7) is 5.11. The van der Waals surface area contributed by atoms with Gasteiger partial charge in [0.1, 0.15) is 6.61 Å². The highest BCUT2D eigenvalue weighted by molar-refractivity contribution is 5.67. The number of carbonyl (C=O) groups excluding carboxylic acids is 1. The summed E-state index contributed by atoms with van der Waals surface area (Å²) >= 11 is 0. The first-order valence-corrected chi connectivity index (χ1v) is 8.57.